The SMILES string of the molecule is CCC(O)(CC)CN(C)C. The Bertz CT molecular complexity index is 87.3. The maximum Gasteiger partial charge on any atom is 0.0768 e. The summed E-state index contributed by atoms with van der Waals surface area (Å²) in [6.45, 7) is 4.81. The van der Waals surface area contributed by atoms with E-state index in [1.54, 1.807) is 0 Å². The predicted octanol–water partition coefficient (Wildman–Crippen LogP) is 1.10. The van der Waals surface area contributed by atoms with Crippen molar-refractivity contribution in [2.45, 2.75) is 32.3 Å². The van der Waals surface area contributed by atoms with Crippen LogP contribution in [0.3, 0.4) is 0 Å². The number of hydrogen-bond donors (Lipinski definition) is 1. The predicted molar refractivity (Wildman–Crippen MR) is 44.1 cm³/mol. The Morgan fingerprint density at radius 3 is 1.70 bits per heavy atom. The maximum absolute atomic E-state index is 9.76. The molecule has 0 heterocycles. The van der Waals surface area contributed by atoms with Gasteiger partial charge >= 0.3 is 0 Å². The van der Waals surface area contributed by atoms with E-state index in [1.807, 2.05) is 32.8 Å². The molecule has 0 aliphatic rings. The molecule has 0 saturated heterocycles. The fourth-order valence-electron chi connectivity index (χ4n) is 1.06. The molecule has 2 nitrogen and oxygen atoms in total. The molecule has 0 amide bonds. The summed E-state index contributed by atoms with van der Waals surface area (Å²) in [7, 11) is 3.96. The molecule has 0 aliphatic heterocycles. The molecule has 0 saturated carbocycles. The number of hydrogen-bond acceptors (Lipinski definition) is 2. The van der Waals surface area contributed by atoms with Crippen LogP contribution in [0.4, 0.5) is 0 Å². The van der Waals surface area contributed by atoms with Crippen LogP contribution in [0.5, 0.6) is 0 Å². The highest BCUT2D eigenvalue weighted by molar-refractivity contribution is 4.76. The lowest BCUT2D eigenvalue weighted by Gasteiger charge is -2.28. The summed E-state index contributed by atoms with van der Waals surface area (Å²) in [6, 6.07) is 0. The molecule has 0 unspecified atom stereocenters. The van der Waals surface area contributed by atoms with E-state index in [0.29, 0.717) is 0 Å². The molecule has 0 bridgehead atoms. The van der Waals surface area contributed by atoms with E-state index in [4.69, 9.17) is 0 Å². The zero-order chi connectivity index (χ0) is 8.20. The molecule has 0 fully saturated rings. The minimum absolute atomic E-state index is 0.469. The summed E-state index contributed by atoms with van der Waals surface area (Å²) in [4.78, 5) is 2.02. The van der Waals surface area contributed by atoms with Crippen molar-refractivity contribution in [3.63, 3.8) is 0 Å². The summed E-state index contributed by atoms with van der Waals surface area (Å²) in [5.74, 6) is 0. The molecule has 0 rings (SSSR count). The van der Waals surface area contributed by atoms with Crippen molar-refractivity contribution >= 4 is 0 Å². The van der Waals surface area contributed by atoms with E-state index in [9.17, 15) is 5.11 Å². The highest BCUT2D eigenvalue weighted by Crippen LogP contribution is 2.14. The Kier molecular flexibility index (Phi) is 3.91. The third-order valence-electron chi connectivity index (χ3n) is 1.93. The molecular weight excluding hydrogens is 126 g/mol. The van der Waals surface area contributed by atoms with Gasteiger partial charge in [-0.15, -0.1) is 0 Å². The Hall–Kier alpha value is -0.0800. The third kappa shape index (κ3) is 3.18. The molecule has 0 aromatic rings. The summed E-state index contributed by atoms with van der Waals surface area (Å²) < 4.78 is 0. The van der Waals surface area contributed by atoms with Crippen LogP contribution in [0.25, 0.3) is 0 Å². The maximum atomic E-state index is 9.76. The summed E-state index contributed by atoms with van der Waals surface area (Å²) >= 11 is 0. The monoisotopic (exact) mass is 145 g/mol. The Morgan fingerprint density at radius 2 is 1.60 bits per heavy atom. The van der Waals surface area contributed by atoms with Crippen molar-refractivity contribution in [3.05, 3.63) is 0 Å². The molecule has 0 radical (unpaired) electrons. The molecular formula is C8H19NO. The fourth-order valence-corrected chi connectivity index (χ4v) is 1.06. The van der Waals surface area contributed by atoms with E-state index in [2.05, 4.69) is 0 Å². The van der Waals surface area contributed by atoms with Gasteiger partial charge in [-0.25, -0.2) is 0 Å². The van der Waals surface area contributed by atoms with Crippen LogP contribution in [0.1, 0.15) is 26.7 Å². The van der Waals surface area contributed by atoms with E-state index >= 15 is 0 Å². The second-order valence-corrected chi connectivity index (χ2v) is 3.17. The van der Waals surface area contributed by atoms with Crippen molar-refractivity contribution in [2.24, 2.45) is 0 Å². The first-order valence-electron chi connectivity index (χ1n) is 3.91. The van der Waals surface area contributed by atoms with Gasteiger partial charge in [0.05, 0.1) is 5.60 Å². The number of likely N-dealkylation sites (N-methyl/N-ethyl adjacent to an activating group) is 1. The lowest BCUT2D eigenvalue weighted by Crippen LogP contribution is -2.38. The molecule has 10 heavy (non-hydrogen) atoms. The molecule has 0 spiro atoms. The van der Waals surface area contributed by atoms with E-state index < -0.39 is 5.60 Å². The van der Waals surface area contributed by atoms with Crippen LogP contribution in [0.15, 0.2) is 0 Å². The van der Waals surface area contributed by atoms with Crippen molar-refractivity contribution in [2.75, 3.05) is 20.6 Å². The highest BCUT2D eigenvalue weighted by Gasteiger charge is 2.22. The average Bonchev–Trinajstić information content (AvgIpc) is 1.87. The molecule has 0 atom stereocenters. The fraction of sp³-hybridized carbons (Fsp3) is 1.00. The van der Waals surface area contributed by atoms with Crippen molar-refractivity contribution < 1.29 is 5.11 Å². The van der Waals surface area contributed by atoms with Gasteiger partial charge in [0.2, 0.25) is 0 Å². The molecule has 62 valence electrons. The number of nitrogens with zero attached hydrogens (tertiary/aromatic N) is 1. The minimum Gasteiger partial charge on any atom is -0.389 e. The first kappa shape index (κ1) is 9.92. The quantitative estimate of drug-likeness (QED) is 0.640. The van der Waals surface area contributed by atoms with Crippen LogP contribution in [-0.2, 0) is 0 Å². The summed E-state index contributed by atoms with van der Waals surface area (Å²) in [5, 5.41) is 9.76. The summed E-state index contributed by atoms with van der Waals surface area (Å²) in [6.07, 6.45) is 1.67. The van der Waals surface area contributed by atoms with Gasteiger partial charge in [0.1, 0.15) is 0 Å². The lowest BCUT2D eigenvalue weighted by atomic mass is 9.97. The molecule has 2 heteroatoms. The minimum atomic E-state index is -0.469. The molecule has 1 N–H and O–H groups in total. The molecule has 0 aliphatic carbocycles. The van der Waals surface area contributed by atoms with Gasteiger partial charge in [0.25, 0.3) is 0 Å². The van der Waals surface area contributed by atoms with E-state index in [-0.39, 0.29) is 0 Å². The van der Waals surface area contributed by atoms with Crippen LogP contribution in [-0.4, -0.2) is 36.2 Å². The van der Waals surface area contributed by atoms with Gasteiger partial charge in [0.15, 0.2) is 0 Å². The first-order chi connectivity index (χ1) is 4.54. The third-order valence-corrected chi connectivity index (χ3v) is 1.93. The second kappa shape index (κ2) is 3.94. The van der Waals surface area contributed by atoms with Crippen LogP contribution in [0.2, 0.25) is 0 Å². The second-order valence-electron chi connectivity index (χ2n) is 3.17. The van der Waals surface area contributed by atoms with Crippen molar-refractivity contribution in [1.29, 1.82) is 0 Å². The Labute approximate surface area is 63.8 Å². The van der Waals surface area contributed by atoms with Crippen molar-refractivity contribution in [1.82, 2.24) is 4.90 Å². The Balaban J connectivity index is 3.80. The van der Waals surface area contributed by atoms with Gasteiger partial charge in [-0.1, -0.05) is 13.8 Å². The van der Waals surface area contributed by atoms with Crippen LogP contribution < -0.4 is 0 Å². The van der Waals surface area contributed by atoms with E-state index in [0.717, 1.165) is 19.4 Å². The van der Waals surface area contributed by atoms with Crippen molar-refractivity contribution in [3.8, 4) is 0 Å². The molecule has 0 aromatic carbocycles. The number of rotatable bonds is 4. The molecule has 0 aromatic heterocycles. The van der Waals surface area contributed by atoms with Gasteiger partial charge in [-0.05, 0) is 26.9 Å². The van der Waals surface area contributed by atoms with Crippen LogP contribution >= 0.6 is 0 Å². The normalized spacial score (nSPS) is 12.6. The number of aliphatic hydroxyl groups is 1. The van der Waals surface area contributed by atoms with Gasteiger partial charge in [0, 0.05) is 6.54 Å². The Morgan fingerprint density at radius 1 is 1.20 bits per heavy atom. The zero-order valence-electron chi connectivity index (χ0n) is 7.52. The van der Waals surface area contributed by atoms with Gasteiger partial charge in [-0.2, -0.15) is 0 Å². The largest absolute Gasteiger partial charge is 0.389 e. The first-order valence-corrected chi connectivity index (χ1v) is 3.91. The lowest BCUT2D eigenvalue weighted by molar-refractivity contribution is 0.00872. The van der Waals surface area contributed by atoms with Crippen LogP contribution in [0, 0.1) is 0 Å². The van der Waals surface area contributed by atoms with E-state index in [1.165, 1.54) is 0 Å². The topological polar surface area (TPSA) is 23.5 Å². The van der Waals surface area contributed by atoms with Gasteiger partial charge < -0.3 is 10.0 Å². The smallest absolute Gasteiger partial charge is 0.0768 e. The highest BCUT2D eigenvalue weighted by atomic mass is 16.3. The zero-order valence-corrected chi connectivity index (χ0v) is 7.52. The average molecular weight is 145 g/mol. The standard InChI is InChI=1S/C8H19NO/c1-5-8(10,6-2)7-9(3)4/h10H,5-7H2,1-4H3. The van der Waals surface area contributed by atoms with Gasteiger partial charge in [-0.3, -0.25) is 0 Å². The summed E-state index contributed by atoms with van der Waals surface area (Å²) in [5.41, 5.74) is -0.469.